The molecule has 154 valence electrons. The lowest BCUT2D eigenvalue weighted by Gasteiger charge is -2.28. The fourth-order valence-corrected chi connectivity index (χ4v) is 4.04. The Balaban J connectivity index is 1.51. The van der Waals surface area contributed by atoms with Crippen LogP contribution in [-0.4, -0.2) is 47.1 Å². The van der Waals surface area contributed by atoms with E-state index in [1.54, 1.807) is 13.2 Å². The molecule has 2 aliphatic rings. The smallest absolute Gasteiger partial charge is 0.264 e. The minimum Gasteiger partial charge on any atom is -0.497 e. The molecule has 1 aromatic heterocycles. The number of amides is 1. The Hall–Kier alpha value is -2.67. The predicted molar refractivity (Wildman–Crippen MR) is 109 cm³/mol. The van der Waals surface area contributed by atoms with Crippen LogP contribution in [0.15, 0.2) is 30.5 Å². The van der Waals surface area contributed by atoms with E-state index in [9.17, 15) is 4.79 Å². The van der Waals surface area contributed by atoms with Crippen molar-refractivity contribution >= 4 is 5.91 Å². The zero-order valence-corrected chi connectivity index (χ0v) is 17.1. The minimum absolute atomic E-state index is 0.000747. The van der Waals surface area contributed by atoms with Crippen LogP contribution in [0.3, 0.4) is 0 Å². The van der Waals surface area contributed by atoms with Crippen LogP contribution in [0.5, 0.6) is 11.5 Å². The van der Waals surface area contributed by atoms with E-state index < -0.39 is 6.10 Å². The molecule has 0 spiro atoms. The first-order chi connectivity index (χ1) is 14.2. The number of nitrogens with zero attached hydrogens (tertiary/aromatic N) is 3. The largest absolute Gasteiger partial charge is 0.497 e. The lowest BCUT2D eigenvalue weighted by molar-refractivity contribution is -0.140. The summed E-state index contributed by atoms with van der Waals surface area (Å²) >= 11 is 0. The number of nitrogens with one attached hydrogen (secondary N) is 1. The van der Waals surface area contributed by atoms with E-state index >= 15 is 0 Å². The van der Waals surface area contributed by atoms with Crippen molar-refractivity contribution < 1.29 is 14.3 Å². The van der Waals surface area contributed by atoms with Crippen LogP contribution in [0.25, 0.3) is 0 Å². The van der Waals surface area contributed by atoms with Crippen molar-refractivity contribution in [2.45, 2.75) is 51.3 Å². The standard InChI is InChI=1S/C22H28N4O3/c1-3-20(29-17-7-4-6-16(12-17)28-2)22(27)26-11-5-8-19(26)21-24-14-15-13-23-10-9-18(15)25-21/h4,6-7,12,14,19-20,23H,3,5,8-11,13H2,1-2H3/t19-,20-/m1/s1. The van der Waals surface area contributed by atoms with Crippen molar-refractivity contribution in [1.29, 1.82) is 0 Å². The third-order valence-corrected chi connectivity index (χ3v) is 5.63. The monoisotopic (exact) mass is 396 g/mol. The molecule has 0 radical (unpaired) electrons. The average Bonchev–Trinajstić information content (AvgIpc) is 3.26. The summed E-state index contributed by atoms with van der Waals surface area (Å²) in [5.74, 6) is 2.10. The third-order valence-electron chi connectivity index (χ3n) is 5.63. The molecule has 2 atom stereocenters. The molecule has 1 N–H and O–H groups in total. The molecule has 1 amide bonds. The molecule has 7 heteroatoms. The predicted octanol–water partition coefficient (Wildman–Crippen LogP) is 2.65. The third kappa shape index (κ3) is 4.19. The number of benzene rings is 1. The van der Waals surface area contributed by atoms with Crippen molar-refractivity contribution in [3.63, 3.8) is 0 Å². The summed E-state index contributed by atoms with van der Waals surface area (Å²) in [4.78, 5) is 24.6. The molecule has 3 heterocycles. The van der Waals surface area contributed by atoms with Crippen LogP contribution >= 0.6 is 0 Å². The molecule has 0 unspecified atom stereocenters. The molecule has 0 saturated carbocycles. The first kappa shape index (κ1) is 19.6. The van der Waals surface area contributed by atoms with Crippen LogP contribution in [0.4, 0.5) is 0 Å². The molecule has 1 fully saturated rings. The van der Waals surface area contributed by atoms with E-state index in [4.69, 9.17) is 14.5 Å². The molecule has 29 heavy (non-hydrogen) atoms. The Bertz CT molecular complexity index is 873. The molecule has 1 saturated heterocycles. The van der Waals surface area contributed by atoms with Gasteiger partial charge in [-0.2, -0.15) is 0 Å². The molecule has 2 aliphatic heterocycles. The first-order valence-electron chi connectivity index (χ1n) is 10.4. The van der Waals surface area contributed by atoms with Crippen molar-refractivity contribution in [3.8, 4) is 11.5 Å². The van der Waals surface area contributed by atoms with Crippen molar-refractivity contribution in [1.82, 2.24) is 20.2 Å². The summed E-state index contributed by atoms with van der Waals surface area (Å²) < 4.78 is 11.3. The second kappa shape index (κ2) is 8.78. The van der Waals surface area contributed by atoms with Gasteiger partial charge in [-0.05, 0) is 31.4 Å². The van der Waals surface area contributed by atoms with Crippen LogP contribution < -0.4 is 14.8 Å². The number of rotatable bonds is 6. The topological polar surface area (TPSA) is 76.6 Å². The second-order valence-electron chi connectivity index (χ2n) is 7.51. The number of hydrogen-bond acceptors (Lipinski definition) is 6. The van der Waals surface area contributed by atoms with Gasteiger partial charge < -0.3 is 19.7 Å². The Morgan fingerprint density at radius 2 is 2.24 bits per heavy atom. The van der Waals surface area contributed by atoms with Crippen molar-refractivity contribution in [3.05, 3.63) is 47.5 Å². The molecule has 1 aromatic carbocycles. The van der Waals surface area contributed by atoms with Crippen LogP contribution in [-0.2, 0) is 17.8 Å². The molecule has 4 rings (SSSR count). The second-order valence-corrected chi connectivity index (χ2v) is 7.51. The Morgan fingerprint density at radius 1 is 1.38 bits per heavy atom. The summed E-state index contributed by atoms with van der Waals surface area (Å²) in [5.41, 5.74) is 2.26. The molecular formula is C22H28N4O3. The van der Waals surface area contributed by atoms with Gasteiger partial charge in [-0.3, -0.25) is 4.79 Å². The van der Waals surface area contributed by atoms with Gasteiger partial charge in [0.05, 0.1) is 13.2 Å². The van der Waals surface area contributed by atoms with E-state index in [0.29, 0.717) is 24.5 Å². The van der Waals surface area contributed by atoms with Gasteiger partial charge in [0.15, 0.2) is 11.9 Å². The number of carbonyl (C=O) groups is 1. The fraction of sp³-hybridized carbons (Fsp3) is 0.500. The number of carbonyl (C=O) groups excluding carboxylic acids is 1. The number of methoxy groups -OCH3 is 1. The van der Waals surface area contributed by atoms with Crippen LogP contribution in [0.2, 0.25) is 0 Å². The highest BCUT2D eigenvalue weighted by Crippen LogP contribution is 2.32. The Kier molecular flexibility index (Phi) is 5.94. The molecule has 2 aromatic rings. The highest BCUT2D eigenvalue weighted by Gasteiger charge is 2.36. The summed E-state index contributed by atoms with van der Waals surface area (Å²) in [6.07, 6.45) is 4.71. The fourth-order valence-electron chi connectivity index (χ4n) is 4.04. The average molecular weight is 396 g/mol. The molecule has 0 bridgehead atoms. The van der Waals surface area contributed by atoms with Crippen LogP contribution in [0.1, 0.15) is 49.3 Å². The van der Waals surface area contributed by atoms with Crippen molar-refractivity contribution in [2.75, 3.05) is 20.2 Å². The lowest BCUT2D eigenvalue weighted by atomic mass is 10.1. The number of aromatic nitrogens is 2. The van der Waals surface area contributed by atoms with Gasteiger partial charge in [-0.1, -0.05) is 13.0 Å². The normalized spacial score (nSPS) is 19.5. The van der Waals surface area contributed by atoms with Gasteiger partial charge in [0.25, 0.3) is 5.91 Å². The van der Waals surface area contributed by atoms with Gasteiger partial charge in [0, 0.05) is 49.6 Å². The van der Waals surface area contributed by atoms with Crippen molar-refractivity contribution in [2.24, 2.45) is 0 Å². The van der Waals surface area contributed by atoms with Gasteiger partial charge in [-0.15, -0.1) is 0 Å². The number of likely N-dealkylation sites (tertiary alicyclic amines) is 1. The number of ether oxygens (including phenoxy) is 2. The Labute approximate surface area is 171 Å². The van der Waals surface area contributed by atoms with Gasteiger partial charge in [0.2, 0.25) is 0 Å². The zero-order valence-electron chi connectivity index (χ0n) is 17.1. The maximum Gasteiger partial charge on any atom is 0.264 e. The van der Waals surface area contributed by atoms with E-state index in [1.165, 1.54) is 0 Å². The maximum absolute atomic E-state index is 13.3. The van der Waals surface area contributed by atoms with E-state index in [-0.39, 0.29) is 11.9 Å². The highest BCUT2D eigenvalue weighted by atomic mass is 16.5. The highest BCUT2D eigenvalue weighted by molar-refractivity contribution is 5.82. The van der Waals surface area contributed by atoms with Crippen LogP contribution in [0, 0.1) is 0 Å². The van der Waals surface area contributed by atoms with E-state index in [2.05, 4.69) is 10.3 Å². The molecule has 0 aliphatic carbocycles. The van der Waals surface area contributed by atoms with E-state index in [1.807, 2.05) is 36.2 Å². The quantitative estimate of drug-likeness (QED) is 0.809. The van der Waals surface area contributed by atoms with Gasteiger partial charge in [0.1, 0.15) is 11.5 Å². The van der Waals surface area contributed by atoms with E-state index in [0.717, 1.165) is 49.4 Å². The summed E-state index contributed by atoms with van der Waals surface area (Å²) in [5, 5.41) is 3.34. The summed E-state index contributed by atoms with van der Waals surface area (Å²) in [7, 11) is 1.62. The minimum atomic E-state index is -0.537. The van der Waals surface area contributed by atoms with Gasteiger partial charge >= 0.3 is 0 Å². The lowest BCUT2D eigenvalue weighted by Crippen LogP contribution is -2.41. The Morgan fingerprint density at radius 3 is 3.07 bits per heavy atom. The summed E-state index contributed by atoms with van der Waals surface area (Å²) in [6, 6.07) is 7.29. The number of hydrogen-bond donors (Lipinski definition) is 1. The summed E-state index contributed by atoms with van der Waals surface area (Å²) in [6.45, 7) is 4.43. The maximum atomic E-state index is 13.3. The zero-order chi connectivity index (χ0) is 20.2. The number of fused-ring (bicyclic) bond motifs is 1. The molecule has 7 nitrogen and oxygen atoms in total. The molecular weight excluding hydrogens is 368 g/mol. The van der Waals surface area contributed by atoms with Gasteiger partial charge in [-0.25, -0.2) is 9.97 Å². The SMILES string of the molecule is CC[C@@H](Oc1cccc(OC)c1)C(=O)N1CCC[C@@H]1c1ncc2c(n1)CCNC2. The first-order valence-corrected chi connectivity index (χ1v) is 10.4.